The summed E-state index contributed by atoms with van der Waals surface area (Å²) >= 11 is 0. The lowest BCUT2D eigenvalue weighted by molar-refractivity contribution is 0.389. The Morgan fingerprint density at radius 2 is 1.40 bits per heavy atom. The highest BCUT2D eigenvalue weighted by Gasteiger charge is 2.14. The fourth-order valence-electron chi connectivity index (χ4n) is 3.90. The van der Waals surface area contributed by atoms with Gasteiger partial charge < -0.3 is 14.8 Å². The van der Waals surface area contributed by atoms with E-state index in [0.717, 1.165) is 37.3 Å². The first kappa shape index (κ1) is 21.9. The zero-order valence-electron chi connectivity index (χ0n) is 18.3. The zero-order chi connectivity index (χ0) is 21.2. The van der Waals surface area contributed by atoms with Crippen molar-refractivity contribution in [2.75, 3.05) is 20.8 Å². The fourth-order valence-corrected chi connectivity index (χ4v) is 3.90. The van der Waals surface area contributed by atoms with Crippen LogP contribution in [0.25, 0.3) is 0 Å². The number of hydrogen-bond acceptors (Lipinski definition) is 3. The third-order valence-electron chi connectivity index (χ3n) is 5.67. The number of aryl methyl sites for hydroxylation is 1. The van der Waals surface area contributed by atoms with Crippen molar-refractivity contribution in [3.63, 3.8) is 0 Å². The summed E-state index contributed by atoms with van der Waals surface area (Å²) in [6.45, 7) is 3.24. The lowest BCUT2D eigenvalue weighted by atomic mass is 9.88. The zero-order valence-corrected chi connectivity index (χ0v) is 18.3. The molecule has 3 nitrogen and oxygen atoms in total. The molecule has 3 heteroatoms. The highest BCUT2D eigenvalue weighted by atomic mass is 16.5. The first-order valence-corrected chi connectivity index (χ1v) is 10.8. The lowest BCUT2D eigenvalue weighted by Crippen LogP contribution is -2.28. The Morgan fingerprint density at radius 1 is 0.767 bits per heavy atom. The Labute approximate surface area is 181 Å². The van der Waals surface area contributed by atoms with Gasteiger partial charge in [0, 0.05) is 18.0 Å². The largest absolute Gasteiger partial charge is 0.497 e. The van der Waals surface area contributed by atoms with E-state index in [9.17, 15) is 0 Å². The van der Waals surface area contributed by atoms with E-state index in [1.54, 1.807) is 14.2 Å². The van der Waals surface area contributed by atoms with Crippen LogP contribution in [0.2, 0.25) is 0 Å². The number of hydrogen-bond donors (Lipinski definition) is 1. The average molecular weight is 404 g/mol. The Bertz CT molecular complexity index is 840. The van der Waals surface area contributed by atoms with Crippen LogP contribution in [-0.2, 0) is 6.42 Å². The molecule has 0 aliphatic carbocycles. The van der Waals surface area contributed by atoms with E-state index in [2.05, 4.69) is 79.0 Å². The minimum atomic E-state index is 0.411. The van der Waals surface area contributed by atoms with Crippen LogP contribution in [0.1, 0.15) is 42.4 Å². The molecular weight excluding hydrogens is 370 g/mol. The summed E-state index contributed by atoms with van der Waals surface area (Å²) in [5.74, 6) is 2.14. The summed E-state index contributed by atoms with van der Waals surface area (Å²) < 4.78 is 10.8. The molecule has 1 atom stereocenters. The Morgan fingerprint density at radius 3 is 1.97 bits per heavy atom. The third kappa shape index (κ3) is 6.11. The van der Waals surface area contributed by atoms with Crippen molar-refractivity contribution in [2.45, 2.75) is 38.1 Å². The predicted molar refractivity (Wildman–Crippen MR) is 125 cm³/mol. The number of methoxy groups -OCH3 is 2. The van der Waals surface area contributed by atoms with Crippen LogP contribution < -0.4 is 14.8 Å². The van der Waals surface area contributed by atoms with Crippen LogP contribution in [0.4, 0.5) is 0 Å². The number of rotatable bonds is 11. The van der Waals surface area contributed by atoms with Gasteiger partial charge in [0.25, 0.3) is 0 Å². The molecule has 0 fully saturated rings. The summed E-state index contributed by atoms with van der Waals surface area (Å²) in [4.78, 5) is 0. The molecule has 1 N–H and O–H groups in total. The van der Waals surface area contributed by atoms with Gasteiger partial charge in [-0.3, -0.25) is 0 Å². The summed E-state index contributed by atoms with van der Waals surface area (Å²) in [7, 11) is 3.39. The molecule has 0 bridgehead atoms. The Hall–Kier alpha value is -2.78. The van der Waals surface area contributed by atoms with Gasteiger partial charge in [-0.15, -0.1) is 0 Å². The summed E-state index contributed by atoms with van der Waals surface area (Å²) in [6.07, 6.45) is 3.11. The molecule has 0 saturated heterocycles. The van der Waals surface area contributed by atoms with Crippen molar-refractivity contribution in [1.82, 2.24) is 5.32 Å². The smallest absolute Gasteiger partial charge is 0.125 e. The fraction of sp³-hybridized carbons (Fsp3) is 0.333. The molecule has 0 saturated carbocycles. The first-order chi connectivity index (χ1) is 14.7. The molecule has 0 spiro atoms. The maximum atomic E-state index is 5.53. The van der Waals surface area contributed by atoms with Crippen molar-refractivity contribution < 1.29 is 9.47 Å². The second kappa shape index (κ2) is 11.4. The molecule has 158 valence electrons. The van der Waals surface area contributed by atoms with E-state index in [4.69, 9.17) is 9.47 Å². The standard InChI is InChI=1S/C27H33NO2/c1-21(14-15-24-16-17-25(29-2)20-27(24)30-3)28-19-18-26(22-10-6-4-7-11-22)23-12-8-5-9-13-23/h4-13,16-17,20-21,26,28H,14-15,18-19H2,1-3H3. The minimum Gasteiger partial charge on any atom is -0.497 e. The van der Waals surface area contributed by atoms with E-state index in [-0.39, 0.29) is 0 Å². The molecule has 0 heterocycles. The summed E-state index contributed by atoms with van der Waals surface area (Å²) in [5.41, 5.74) is 3.97. The molecule has 3 aromatic rings. The van der Waals surface area contributed by atoms with Gasteiger partial charge in [0.2, 0.25) is 0 Å². The van der Waals surface area contributed by atoms with Crippen molar-refractivity contribution in [1.29, 1.82) is 0 Å². The monoisotopic (exact) mass is 403 g/mol. The lowest BCUT2D eigenvalue weighted by Gasteiger charge is -2.21. The normalized spacial score (nSPS) is 12.0. The van der Waals surface area contributed by atoms with Crippen LogP contribution in [0, 0.1) is 0 Å². The van der Waals surface area contributed by atoms with Crippen molar-refractivity contribution >= 4 is 0 Å². The van der Waals surface area contributed by atoms with Crippen molar-refractivity contribution in [2.24, 2.45) is 0 Å². The second-order valence-electron chi connectivity index (χ2n) is 7.73. The molecule has 3 aromatic carbocycles. The highest BCUT2D eigenvalue weighted by molar-refractivity contribution is 5.40. The number of ether oxygens (including phenoxy) is 2. The Balaban J connectivity index is 1.54. The van der Waals surface area contributed by atoms with Gasteiger partial charge in [0.15, 0.2) is 0 Å². The van der Waals surface area contributed by atoms with Crippen LogP contribution in [0.15, 0.2) is 78.9 Å². The first-order valence-electron chi connectivity index (χ1n) is 10.8. The number of benzene rings is 3. The van der Waals surface area contributed by atoms with Gasteiger partial charge in [-0.1, -0.05) is 66.7 Å². The topological polar surface area (TPSA) is 30.5 Å². The molecule has 3 rings (SSSR count). The van der Waals surface area contributed by atoms with E-state index >= 15 is 0 Å². The van der Waals surface area contributed by atoms with Crippen LogP contribution in [-0.4, -0.2) is 26.8 Å². The second-order valence-corrected chi connectivity index (χ2v) is 7.73. The maximum Gasteiger partial charge on any atom is 0.125 e. The van der Waals surface area contributed by atoms with Crippen LogP contribution in [0.5, 0.6) is 11.5 Å². The van der Waals surface area contributed by atoms with Gasteiger partial charge in [0.05, 0.1) is 14.2 Å². The molecule has 1 unspecified atom stereocenters. The minimum absolute atomic E-state index is 0.411. The molecule has 0 aromatic heterocycles. The predicted octanol–water partition coefficient (Wildman–Crippen LogP) is 5.84. The van der Waals surface area contributed by atoms with Gasteiger partial charge in [0.1, 0.15) is 11.5 Å². The van der Waals surface area contributed by atoms with Gasteiger partial charge in [-0.25, -0.2) is 0 Å². The Kier molecular flexibility index (Phi) is 8.34. The molecule has 0 radical (unpaired) electrons. The van der Waals surface area contributed by atoms with Gasteiger partial charge in [-0.2, -0.15) is 0 Å². The van der Waals surface area contributed by atoms with Crippen molar-refractivity contribution in [3.8, 4) is 11.5 Å². The van der Waals surface area contributed by atoms with E-state index in [1.165, 1.54) is 16.7 Å². The quantitative estimate of drug-likeness (QED) is 0.436. The molecule has 30 heavy (non-hydrogen) atoms. The van der Waals surface area contributed by atoms with Crippen molar-refractivity contribution in [3.05, 3.63) is 95.6 Å². The third-order valence-corrected chi connectivity index (χ3v) is 5.67. The number of nitrogens with one attached hydrogen (secondary N) is 1. The van der Waals surface area contributed by atoms with Crippen LogP contribution in [0.3, 0.4) is 0 Å². The molecule has 0 amide bonds. The van der Waals surface area contributed by atoms with Gasteiger partial charge in [-0.05, 0) is 55.5 Å². The summed E-state index contributed by atoms with van der Waals surface area (Å²) in [5, 5.41) is 3.72. The van der Waals surface area contributed by atoms with E-state index in [0.29, 0.717) is 12.0 Å². The summed E-state index contributed by atoms with van der Waals surface area (Å²) in [6, 6.07) is 28.1. The average Bonchev–Trinajstić information content (AvgIpc) is 2.81. The van der Waals surface area contributed by atoms with Crippen LogP contribution >= 0.6 is 0 Å². The van der Waals surface area contributed by atoms with E-state index in [1.807, 2.05) is 12.1 Å². The molecular formula is C27H33NO2. The van der Waals surface area contributed by atoms with Gasteiger partial charge >= 0.3 is 0 Å². The van der Waals surface area contributed by atoms with E-state index < -0.39 is 0 Å². The highest BCUT2D eigenvalue weighted by Crippen LogP contribution is 2.28. The maximum absolute atomic E-state index is 5.53. The molecule has 0 aliphatic heterocycles. The molecule has 0 aliphatic rings. The SMILES string of the molecule is COc1ccc(CCC(C)NCCC(c2ccccc2)c2ccccc2)c(OC)c1.